The van der Waals surface area contributed by atoms with Gasteiger partial charge in [-0.3, -0.25) is 15.2 Å². The van der Waals surface area contributed by atoms with Crippen LogP contribution < -0.4 is 30.7 Å². The van der Waals surface area contributed by atoms with Crippen LogP contribution in [0.25, 0.3) is 5.70 Å². The van der Waals surface area contributed by atoms with Crippen molar-refractivity contribution in [3.8, 4) is 5.75 Å². The monoisotopic (exact) mass is 597 g/mol. The molecule has 1 aliphatic rings. The van der Waals surface area contributed by atoms with Gasteiger partial charge in [0.15, 0.2) is 5.75 Å². The van der Waals surface area contributed by atoms with Crippen molar-refractivity contribution in [1.29, 1.82) is 0 Å². The fourth-order valence-electron chi connectivity index (χ4n) is 4.73. The van der Waals surface area contributed by atoms with Crippen LogP contribution in [0.5, 0.6) is 5.75 Å². The molecule has 0 spiro atoms. The second kappa shape index (κ2) is 11.3. The van der Waals surface area contributed by atoms with E-state index in [-0.39, 0.29) is 11.5 Å². The molecular formula is C29H39N7O3S2. The molecule has 220 valence electrons. The summed E-state index contributed by atoms with van der Waals surface area (Å²) >= 11 is 5.84. The molecule has 0 aliphatic carbocycles. The van der Waals surface area contributed by atoms with Crippen LogP contribution in [0.15, 0.2) is 42.7 Å². The summed E-state index contributed by atoms with van der Waals surface area (Å²) in [5.74, 6) is 1.31. The van der Waals surface area contributed by atoms with E-state index in [1.165, 1.54) is 7.11 Å². The van der Waals surface area contributed by atoms with E-state index in [0.29, 0.717) is 22.1 Å². The number of benzene rings is 2. The quantitative estimate of drug-likeness (QED) is 0.255. The summed E-state index contributed by atoms with van der Waals surface area (Å²) in [6.45, 7) is 14.5. The zero-order chi connectivity index (χ0) is 30.3. The molecule has 1 aromatic heterocycles. The number of thiocarbonyl (C=S) groups is 1. The van der Waals surface area contributed by atoms with Gasteiger partial charge in [-0.05, 0) is 62.4 Å². The van der Waals surface area contributed by atoms with E-state index < -0.39 is 10.0 Å². The Balaban J connectivity index is 1.68. The molecule has 0 amide bonds. The highest BCUT2D eigenvalue weighted by molar-refractivity contribution is 7.92. The number of hydrazine groups is 2. The van der Waals surface area contributed by atoms with Gasteiger partial charge in [-0.25, -0.2) is 13.4 Å². The summed E-state index contributed by atoms with van der Waals surface area (Å²) in [6.07, 6.45) is 4.98. The van der Waals surface area contributed by atoms with Gasteiger partial charge in [0.05, 0.1) is 54.2 Å². The molecule has 4 rings (SSSR count). The van der Waals surface area contributed by atoms with Gasteiger partial charge >= 0.3 is 0 Å². The van der Waals surface area contributed by atoms with Gasteiger partial charge in [0.25, 0.3) is 0 Å². The highest BCUT2D eigenvalue weighted by Crippen LogP contribution is 2.39. The van der Waals surface area contributed by atoms with Crippen LogP contribution >= 0.6 is 12.2 Å². The lowest BCUT2D eigenvalue weighted by Gasteiger charge is -2.24. The number of imidazole rings is 1. The summed E-state index contributed by atoms with van der Waals surface area (Å²) < 4.78 is 34.6. The highest BCUT2D eigenvalue weighted by Gasteiger charge is 2.24. The second-order valence-corrected chi connectivity index (χ2v) is 13.6. The maximum Gasteiger partial charge on any atom is 0.229 e. The number of ether oxygens (including phenoxy) is 1. The number of nitrogens with zero attached hydrogens (tertiary/aromatic N) is 3. The van der Waals surface area contributed by atoms with Crippen molar-refractivity contribution in [2.24, 2.45) is 0 Å². The van der Waals surface area contributed by atoms with Crippen LogP contribution in [-0.2, 0) is 15.4 Å². The van der Waals surface area contributed by atoms with E-state index in [1.807, 2.05) is 55.5 Å². The van der Waals surface area contributed by atoms with Gasteiger partial charge in [-0.2, -0.15) is 0 Å². The maximum absolute atomic E-state index is 12.1. The maximum atomic E-state index is 12.1. The first kappa shape index (κ1) is 30.4. The van der Waals surface area contributed by atoms with Crippen molar-refractivity contribution >= 4 is 50.0 Å². The third kappa shape index (κ3) is 6.66. The minimum Gasteiger partial charge on any atom is -0.492 e. The molecule has 0 radical (unpaired) electrons. The van der Waals surface area contributed by atoms with Gasteiger partial charge in [0, 0.05) is 11.6 Å². The van der Waals surface area contributed by atoms with Crippen molar-refractivity contribution in [2.75, 3.05) is 28.4 Å². The first-order chi connectivity index (χ1) is 19.1. The van der Waals surface area contributed by atoms with Gasteiger partial charge in [-0.1, -0.05) is 45.1 Å². The third-order valence-electron chi connectivity index (χ3n) is 6.78. The Morgan fingerprint density at radius 3 is 2.41 bits per heavy atom. The standard InChI is InChI=1S/C29H39N7O3S2/c1-17(2)36-19(4)30-15-26(36)24-16-35(34-32-24)25-12-20(11-10-18(25)3)28(40)31-22-13-21(29(5,6)7)14-23(27(22)39-8)33-41(9,37)38/h10-17,32-34H,1-9H3,(H,31,40). The number of rotatable bonds is 8. The van der Waals surface area contributed by atoms with E-state index in [0.717, 1.165) is 45.8 Å². The molecule has 0 unspecified atom stereocenters. The molecule has 2 aromatic carbocycles. The van der Waals surface area contributed by atoms with Crippen LogP contribution in [0.4, 0.5) is 17.1 Å². The first-order valence-corrected chi connectivity index (χ1v) is 15.6. The van der Waals surface area contributed by atoms with Crippen LogP contribution in [0.1, 0.15) is 68.9 Å². The average molecular weight is 598 g/mol. The number of sulfonamides is 1. The molecule has 3 aromatic rings. The van der Waals surface area contributed by atoms with Crippen molar-refractivity contribution in [3.63, 3.8) is 0 Å². The predicted octanol–water partition coefficient (Wildman–Crippen LogP) is 5.37. The largest absolute Gasteiger partial charge is 0.492 e. The van der Waals surface area contributed by atoms with Crippen molar-refractivity contribution in [1.82, 2.24) is 20.5 Å². The lowest BCUT2D eigenvalue weighted by atomic mass is 9.86. The number of nitrogens with one attached hydrogen (secondary N) is 4. The summed E-state index contributed by atoms with van der Waals surface area (Å²) in [5.41, 5.74) is 12.7. The molecule has 2 heterocycles. The number of methoxy groups -OCH3 is 1. The fourth-order valence-corrected chi connectivity index (χ4v) is 5.52. The third-order valence-corrected chi connectivity index (χ3v) is 7.71. The second-order valence-electron chi connectivity index (χ2n) is 11.5. The van der Waals surface area contributed by atoms with Crippen LogP contribution in [0.2, 0.25) is 0 Å². The van der Waals surface area contributed by atoms with Crippen molar-refractivity contribution in [3.05, 3.63) is 70.9 Å². The van der Waals surface area contributed by atoms with Crippen molar-refractivity contribution in [2.45, 2.75) is 59.9 Å². The van der Waals surface area contributed by atoms with E-state index in [4.69, 9.17) is 17.0 Å². The normalized spacial score (nSPS) is 13.7. The fraction of sp³-hybridized carbons (Fsp3) is 0.379. The molecule has 4 N–H and O–H groups in total. The molecule has 0 bridgehead atoms. The van der Waals surface area contributed by atoms with E-state index in [2.05, 4.69) is 65.2 Å². The van der Waals surface area contributed by atoms with E-state index in [9.17, 15) is 8.42 Å². The Kier molecular flexibility index (Phi) is 8.40. The molecule has 1 aliphatic heterocycles. The summed E-state index contributed by atoms with van der Waals surface area (Å²) in [5, 5.41) is 5.22. The highest BCUT2D eigenvalue weighted by atomic mass is 32.2. The summed E-state index contributed by atoms with van der Waals surface area (Å²) in [6, 6.07) is 9.96. The number of hydrogen-bond donors (Lipinski definition) is 4. The van der Waals surface area contributed by atoms with Gasteiger partial charge < -0.3 is 14.6 Å². The number of hydrogen-bond acceptors (Lipinski definition) is 8. The Hall–Kier alpha value is -3.61. The van der Waals surface area contributed by atoms with Crippen LogP contribution in [0.3, 0.4) is 0 Å². The van der Waals surface area contributed by atoms with Gasteiger partial charge in [0.1, 0.15) is 10.8 Å². The number of anilines is 3. The Labute approximate surface area is 248 Å². The van der Waals surface area contributed by atoms with E-state index in [1.54, 1.807) is 6.07 Å². The van der Waals surface area contributed by atoms with E-state index >= 15 is 0 Å². The minimum absolute atomic E-state index is 0.253. The Bertz CT molecular complexity index is 1620. The van der Waals surface area contributed by atoms with Crippen molar-refractivity contribution < 1.29 is 13.2 Å². The molecule has 10 nitrogen and oxygen atoms in total. The predicted molar refractivity (Wildman–Crippen MR) is 171 cm³/mol. The SMILES string of the molecule is COc1c(NC(=S)c2ccc(C)c(N3C=C(c4cnc(C)n4C(C)C)NN3)c2)cc(C(C)(C)C)cc1NS(C)(=O)=O. The average Bonchev–Trinajstić information content (AvgIpc) is 3.49. The molecule has 0 saturated heterocycles. The molecule has 12 heteroatoms. The Morgan fingerprint density at radius 1 is 1.12 bits per heavy atom. The topological polar surface area (TPSA) is 113 Å². The zero-order valence-corrected chi connectivity index (χ0v) is 26.6. The summed E-state index contributed by atoms with van der Waals surface area (Å²) in [4.78, 5) is 4.96. The lowest BCUT2D eigenvalue weighted by molar-refractivity contribution is 0.418. The number of aryl methyl sites for hydroxylation is 2. The lowest BCUT2D eigenvalue weighted by Crippen LogP contribution is -2.36. The van der Waals surface area contributed by atoms with Crippen LogP contribution in [-0.4, -0.2) is 36.3 Å². The zero-order valence-electron chi connectivity index (χ0n) is 25.0. The van der Waals surface area contributed by atoms with Gasteiger partial charge in [0.2, 0.25) is 10.0 Å². The van der Waals surface area contributed by atoms with Gasteiger partial charge in [-0.15, -0.1) is 5.53 Å². The molecule has 0 saturated carbocycles. The number of aromatic nitrogens is 2. The molecular weight excluding hydrogens is 558 g/mol. The Morgan fingerprint density at radius 2 is 1.80 bits per heavy atom. The minimum atomic E-state index is -3.54. The smallest absolute Gasteiger partial charge is 0.229 e. The van der Waals surface area contributed by atoms with Crippen LogP contribution in [0, 0.1) is 13.8 Å². The molecule has 0 fully saturated rings. The first-order valence-electron chi connectivity index (χ1n) is 13.3. The summed E-state index contributed by atoms with van der Waals surface area (Å²) in [7, 11) is -2.04. The molecule has 41 heavy (non-hydrogen) atoms. The molecule has 0 atom stereocenters.